The molecule has 0 spiro atoms. The first-order valence-electron chi connectivity index (χ1n) is 10.7. The number of hydrogen-bond donors (Lipinski definition) is 0. The highest BCUT2D eigenvalue weighted by atomic mass is 15.1. The summed E-state index contributed by atoms with van der Waals surface area (Å²) in [4.78, 5) is 5.23. The van der Waals surface area contributed by atoms with Gasteiger partial charge in [-0.1, -0.05) is 84.3 Å². The third-order valence-corrected chi connectivity index (χ3v) is 6.13. The molecule has 0 radical (unpaired) electrons. The summed E-state index contributed by atoms with van der Waals surface area (Å²) in [7, 11) is 0. The number of hydrogen-bond acceptors (Lipinski definition) is 1. The molecule has 0 unspecified atom stereocenters. The average molecular weight is 409 g/mol. The minimum absolute atomic E-state index is 0.866. The van der Waals surface area contributed by atoms with Crippen LogP contribution in [0, 0.1) is 19.3 Å². The van der Waals surface area contributed by atoms with Crippen molar-refractivity contribution in [1.29, 1.82) is 0 Å². The molecule has 0 atom stereocenters. The van der Waals surface area contributed by atoms with E-state index in [4.69, 9.17) is 11.4 Å². The number of nitrogens with zero attached hydrogens (tertiary/aromatic N) is 2. The molecule has 0 aliphatic rings. The molecule has 0 amide bonds. The van der Waals surface area contributed by atoms with E-state index >= 15 is 0 Å². The number of rotatable bonds is 2. The van der Waals surface area contributed by atoms with Crippen molar-refractivity contribution in [3.8, 4) is 29.4 Å². The van der Waals surface area contributed by atoms with Crippen molar-refractivity contribution in [1.82, 2.24) is 9.55 Å². The van der Waals surface area contributed by atoms with Crippen molar-refractivity contribution in [2.75, 3.05) is 0 Å². The summed E-state index contributed by atoms with van der Waals surface area (Å²) >= 11 is 0. The molecule has 0 saturated carbocycles. The minimum atomic E-state index is 0.866. The van der Waals surface area contributed by atoms with Crippen LogP contribution in [0.2, 0.25) is 0 Å². The Labute approximate surface area is 186 Å². The molecule has 6 rings (SSSR count). The first kappa shape index (κ1) is 18.4. The molecule has 6 aromatic rings. The van der Waals surface area contributed by atoms with Gasteiger partial charge >= 0.3 is 0 Å². The van der Waals surface area contributed by atoms with Crippen LogP contribution in [-0.4, -0.2) is 9.55 Å². The van der Waals surface area contributed by atoms with Gasteiger partial charge in [0.15, 0.2) is 0 Å². The normalized spacial score (nSPS) is 11.2. The number of aryl methyl sites for hydroxylation is 1. The van der Waals surface area contributed by atoms with E-state index in [2.05, 4.69) is 102 Å². The van der Waals surface area contributed by atoms with Gasteiger partial charge in [-0.2, -0.15) is 0 Å². The fourth-order valence-electron chi connectivity index (χ4n) is 4.56. The van der Waals surface area contributed by atoms with Gasteiger partial charge in [0.2, 0.25) is 0 Å². The van der Waals surface area contributed by atoms with Crippen LogP contribution in [0.5, 0.6) is 0 Å². The van der Waals surface area contributed by atoms with E-state index in [1.165, 1.54) is 21.7 Å². The first-order chi connectivity index (χ1) is 15.7. The van der Waals surface area contributed by atoms with Crippen molar-refractivity contribution in [2.45, 2.75) is 6.92 Å². The van der Waals surface area contributed by atoms with Crippen molar-refractivity contribution >= 4 is 32.6 Å². The third kappa shape index (κ3) is 2.72. The Morgan fingerprint density at radius 3 is 1.94 bits per heavy atom. The lowest BCUT2D eigenvalue weighted by molar-refractivity contribution is 1.10. The zero-order valence-electron chi connectivity index (χ0n) is 17.7. The zero-order valence-corrected chi connectivity index (χ0v) is 17.7. The van der Waals surface area contributed by atoms with Gasteiger partial charge in [0.25, 0.3) is 0 Å². The Balaban J connectivity index is 1.83. The molecule has 0 aliphatic heterocycles. The Hall–Kier alpha value is -4.35. The molecule has 150 valence electrons. The fraction of sp³-hybridized carbons (Fsp3) is 0.0333. The summed E-state index contributed by atoms with van der Waals surface area (Å²) in [5.41, 5.74) is 6.35. The molecule has 1 heterocycles. The maximum Gasteiger partial charge on any atom is 0.145 e. The fourth-order valence-corrected chi connectivity index (χ4v) is 4.56. The summed E-state index contributed by atoms with van der Waals surface area (Å²) in [6.45, 7) is 2.10. The lowest BCUT2D eigenvalue weighted by atomic mass is 10.00. The topological polar surface area (TPSA) is 17.8 Å². The molecule has 0 aliphatic carbocycles. The quantitative estimate of drug-likeness (QED) is 0.217. The first-order valence-corrected chi connectivity index (χ1v) is 10.7. The number of terminal acetylenes is 1. The predicted octanol–water partition coefficient (Wildman–Crippen LogP) is 7.29. The monoisotopic (exact) mass is 408 g/mol. The molecule has 5 aromatic carbocycles. The van der Waals surface area contributed by atoms with Gasteiger partial charge in [-0.05, 0) is 42.0 Å². The Kier molecular flexibility index (Phi) is 4.09. The molecule has 1 aromatic heterocycles. The van der Waals surface area contributed by atoms with Gasteiger partial charge in [-0.15, -0.1) is 6.42 Å². The minimum Gasteiger partial charge on any atom is -0.292 e. The highest BCUT2D eigenvalue weighted by Crippen LogP contribution is 2.38. The number of imidazole rings is 1. The Bertz CT molecular complexity index is 1660. The van der Waals surface area contributed by atoms with E-state index in [0.29, 0.717) is 0 Å². The molecular weight excluding hydrogens is 388 g/mol. The van der Waals surface area contributed by atoms with Gasteiger partial charge in [0.1, 0.15) is 5.82 Å². The molecule has 0 N–H and O–H groups in total. The standard InChI is InChI=1S/C30H20N2/c1-3-21-14-18-23(19-15-21)32-29-27-11-7-5-9-25(27)24-8-4-6-10-26(24)28(29)31-30(32)22-16-12-20(2)13-17-22/h1,4-19H,2H3. The predicted molar refractivity (Wildman–Crippen MR) is 134 cm³/mol. The van der Waals surface area contributed by atoms with Crippen LogP contribution < -0.4 is 0 Å². The van der Waals surface area contributed by atoms with E-state index in [1.807, 2.05) is 12.1 Å². The SMILES string of the molecule is C#Cc1ccc(-n2c(-c3ccc(C)cc3)nc3c4ccccc4c4ccccc4c32)cc1. The van der Waals surface area contributed by atoms with Crippen LogP contribution in [0.15, 0.2) is 97.1 Å². The van der Waals surface area contributed by atoms with Gasteiger partial charge in [-0.3, -0.25) is 4.57 Å². The lowest BCUT2D eigenvalue weighted by Crippen LogP contribution is -1.98. The molecular formula is C30H20N2. The van der Waals surface area contributed by atoms with Crippen molar-refractivity contribution < 1.29 is 0 Å². The summed E-state index contributed by atoms with van der Waals surface area (Å²) in [6, 6.07) is 33.8. The van der Waals surface area contributed by atoms with E-state index in [9.17, 15) is 0 Å². The maximum atomic E-state index is 5.61. The zero-order chi connectivity index (χ0) is 21.7. The molecule has 2 heteroatoms. The maximum absolute atomic E-state index is 5.61. The molecule has 32 heavy (non-hydrogen) atoms. The van der Waals surface area contributed by atoms with Gasteiger partial charge < -0.3 is 0 Å². The van der Waals surface area contributed by atoms with Crippen LogP contribution >= 0.6 is 0 Å². The molecule has 0 fully saturated rings. The van der Waals surface area contributed by atoms with Crippen molar-refractivity contribution in [3.63, 3.8) is 0 Å². The average Bonchev–Trinajstić information content (AvgIpc) is 3.26. The van der Waals surface area contributed by atoms with E-state index < -0.39 is 0 Å². The molecule has 0 bridgehead atoms. The van der Waals surface area contributed by atoms with Crippen molar-refractivity contribution in [3.05, 3.63) is 108 Å². The van der Waals surface area contributed by atoms with E-state index in [-0.39, 0.29) is 0 Å². The summed E-state index contributed by atoms with van der Waals surface area (Å²) in [6.07, 6.45) is 5.61. The second-order valence-electron chi connectivity index (χ2n) is 8.12. The van der Waals surface area contributed by atoms with E-state index in [1.54, 1.807) is 0 Å². The number of aromatic nitrogens is 2. The number of benzene rings is 5. The van der Waals surface area contributed by atoms with Crippen molar-refractivity contribution in [2.24, 2.45) is 0 Å². The van der Waals surface area contributed by atoms with Gasteiger partial charge in [0.05, 0.1) is 11.0 Å². The van der Waals surface area contributed by atoms with Crippen LogP contribution in [0.25, 0.3) is 49.7 Å². The number of fused-ring (bicyclic) bond motifs is 6. The van der Waals surface area contributed by atoms with Crippen LogP contribution in [-0.2, 0) is 0 Å². The van der Waals surface area contributed by atoms with Gasteiger partial charge in [0, 0.05) is 27.6 Å². The summed E-state index contributed by atoms with van der Waals surface area (Å²) in [5.74, 6) is 3.64. The Morgan fingerprint density at radius 2 is 1.28 bits per heavy atom. The smallest absolute Gasteiger partial charge is 0.145 e. The Morgan fingerprint density at radius 1 is 0.688 bits per heavy atom. The van der Waals surface area contributed by atoms with E-state index in [0.717, 1.165) is 39.1 Å². The molecule has 2 nitrogen and oxygen atoms in total. The third-order valence-electron chi connectivity index (χ3n) is 6.13. The van der Waals surface area contributed by atoms with Crippen LogP contribution in [0.3, 0.4) is 0 Å². The highest BCUT2D eigenvalue weighted by Gasteiger charge is 2.19. The summed E-state index contributed by atoms with van der Waals surface area (Å²) < 4.78 is 2.27. The highest BCUT2D eigenvalue weighted by molar-refractivity contribution is 6.24. The molecule has 0 saturated heterocycles. The second-order valence-corrected chi connectivity index (χ2v) is 8.12. The lowest BCUT2D eigenvalue weighted by Gasteiger charge is -2.12. The van der Waals surface area contributed by atoms with Gasteiger partial charge in [-0.25, -0.2) is 4.98 Å². The second kappa shape index (κ2) is 7.11. The largest absolute Gasteiger partial charge is 0.292 e. The summed E-state index contributed by atoms with van der Waals surface area (Å²) in [5, 5.41) is 4.80. The van der Waals surface area contributed by atoms with Crippen LogP contribution in [0.4, 0.5) is 0 Å². The van der Waals surface area contributed by atoms with Crippen LogP contribution in [0.1, 0.15) is 11.1 Å².